The molecule has 29 heavy (non-hydrogen) atoms. The van der Waals surface area contributed by atoms with Crippen LogP contribution in [-0.4, -0.2) is 22.6 Å². The molecule has 1 aromatic heterocycles. The standard InChI is InChI=1S/C25H24N2O2/c26-15-5-4-8-21-22-16-20(25(28)29)13-14-23(22)27-24(21)19-11-9-18(10-12-19)17-6-2-1-3-7-17/h1-3,6-7,9-14,16,27H,4-5,8,15,26H2,(H,28,29). The van der Waals surface area contributed by atoms with E-state index in [-0.39, 0.29) is 0 Å². The second kappa shape index (κ2) is 8.33. The monoisotopic (exact) mass is 384 g/mol. The molecule has 0 spiro atoms. The first-order valence-corrected chi connectivity index (χ1v) is 9.91. The highest BCUT2D eigenvalue weighted by Crippen LogP contribution is 2.33. The Balaban J connectivity index is 1.77. The maximum absolute atomic E-state index is 11.4. The molecule has 0 aliphatic rings. The van der Waals surface area contributed by atoms with Crippen LogP contribution in [0.5, 0.6) is 0 Å². The van der Waals surface area contributed by atoms with Gasteiger partial charge >= 0.3 is 5.97 Å². The number of rotatable bonds is 7. The summed E-state index contributed by atoms with van der Waals surface area (Å²) in [6.07, 6.45) is 2.77. The molecule has 0 bridgehead atoms. The third-order valence-corrected chi connectivity index (χ3v) is 5.31. The van der Waals surface area contributed by atoms with Crippen molar-refractivity contribution < 1.29 is 9.90 Å². The van der Waals surface area contributed by atoms with Gasteiger partial charge in [-0.25, -0.2) is 4.79 Å². The van der Waals surface area contributed by atoms with Gasteiger partial charge in [0.25, 0.3) is 0 Å². The second-order valence-electron chi connectivity index (χ2n) is 7.23. The maximum Gasteiger partial charge on any atom is 0.335 e. The highest BCUT2D eigenvalue weighted by molar-refractivity contribution is 5.97. The summed E-state index contributed by atoms with van der Waals surface area (Å²) in [5.41, 5.74) is 12.6. The number of aryl methyl sites for hydroxylation is 1. The van der Waals surface area contributed by atoms with Crippen molar-refractivity contribution >= 4 is 16.9 Å². The van der Waals surface area contributed by atoms with Crippen LogP contribution in [0.15, 0.2) is 72.8 Å². The minimum absolute atomic E-state index is 0.308. The van der Waals surface area contributed by atoms with Crippen LogP contribution in [0.25, 0.3) is 33.3 Å². The van der Waals surface area contributed by atoms with Gasteiger partial charge in [0, 0.05) is 16.6 Å². The lowest BCUT2D eigenvalue weighted by Crippen LogP contribution is -1.99. The largest absolute Gasteiger partial charge is 0.478 e. The van der Waals surface area contributed by atoms with Gasteiger partial charge in [-0.05, 0) is 66.3 Å². The highest BCUT2D eigenvalue weighted by atomic mass is 16.4. The molecule has 0 aliphatic heterocycles. The fourth-order valence-electron chi connectivity index (χ4n) is 3.79. The Morgan fingerprint density at radius 3 is 2.24 bits per heavy atom. The summed E-state index contributed by atoms with van der Waals surface area (Å²) in [6.45, 7) is 0.657. The van der Waals surface area contributed by atoms with Crippen molar-refractivity contribution in [2.75, 3.05) is 6.54 Å². The molecule has 0 atom stereocenters. The summed E-state index contributed by atoms with van der Waals surface area (Å²) in [4.78, 5) is 14.9. The number of carbonyl (C=O) groups is 1. The van der Waals surface area contributed by atoms with E-state index in [9.17, 15) is 9.90 Å². The minimum Gasteiger partial charge on any atom is -0.478 e. The van der Waals surface area contributed by atoms with Crippen LogP contribution in [0.3, 0.4) is 0 Å². The molecule has 4 N–H and O–H groups in total. The van der Waals surface area contributed by atoms with Crippen molar-refractivity contribution in [2.45, 2.75) is 19.3 Å². The molecule has 0 aliphatic carbocycles. The topological polar surface area (TPSA) is 79.1 Å². The van der Waals surface area contributed by atoms with Crippen LogP contribution in [0.4, 0.5) is 0 Å². The number of aromatic nitrogens is 1. The molecular weight excluding hydrogens is 360 g/mol. The number of aromatic amines is 1. The van der Waals surface area contributed by atoms with Gasteiger partial charge < -0.3 is 15.8 Å². The van der Waals surface area contributed by atoms with Crippen molar-refractivity contribution in [1.82, 2.24) is 4.98 Å². The number of unbranched alkanes of at least 4 members (excludes halogenated alkanes) is 1. The number of hydrogen-bond acceptors (Lipinski definition) is 2. The summed E-state index contributed by atoms with van der Waals surface area (Å²) in [7, 11) is 0. The number of nitrogens with two attached hydrogens (primary N) is 1. The summed E-state index contributed by atoms with van der Waals surface area (Å²) in [5, 5.41) is 10.4. The van der Waals surface area contributed by atoms with Crippen LogP contribution in [0.1, 0.15) is 28.8 Å². The molecule has 4 heteroatoms. The molecule has 0 saturated carbocycles. The van der Waals surface area contributed by atoms with Gasteiger partial charge in [0.1, 0.15) is 0 Å². The van der Waals surface area contributed by atoms with Crippen molar-refractivity contribution in [3.63, 3.8) is 0 Å². The molecule has 3 aromatic carbocycles. The Morgan fingerprint density at radius 2 is 1.55 bits per heavy atom. The Hall–Kier alpha value is -3.37. The van der Waals surface area contributed by atoms with E-state index in [0.29, 0.717) is 12.1 Å². The van der Waals surface area contributed by atoms with E-state index in [0.717, 1.165) is 47.0 Å². The molecule has 4 aromatic rings. The summed E-state index contributed by atoms with van der Waals surface area (Å²) < 4.78 is 0. The Kier molecular flexibility index (Phi) is 5.45. The van der Waals surface area contributed by atoms with Gasteiger partial charge in [-0.15, -0.1) is 0 Å². The second-order valence-corrected chi connectivity index (χ2v) is 7.23. The average molecular weight is 384 g/mol. The third-order valence-electron chi connectivity index (χ3n) is 5.31. The number of aromatic carboxylic acids is 1. The zero-order chi connectivity index (χ0) is 20.2. The van der Waals surface area contributed by atoms with Crippen molar-refractivity contribution in [2.24, 2.45) is 5.73 Å². The normalized spacial score (nSPS) is 11.1. The summed E-state index contributed by atoms with van der Waals surface area (Å²) >= 11 is 0. The molecule has 0 fully saturated rings. The smallest absolute Gasteiger partial charge is 0.335 e. The molecule has 1 heterocycles. The SMILES string of the molecule is NCCCCc1c(-c2ccc(-c3ccccc3)cc2)[nH]c2ccc(C(=O)O)cc12. The predicted molar refractivity (Wildman–Crippen MR) is 118 cm³/mol. The zero-order valence-corrected chi connectivity index (χ0v) is 16.2. The van der Waals surface area contributed by atoms with Gasteiger partial charge in [0.15, 0.2) is 0 Å². The lowest BCUT2D eigenvalue weighted by molar-refractivity contribution is 0.0697. The Morgan fingerprint density at radius 1 is 0.862 bits per heavy atom. The van der Waals surface area contributed by atoms with Crippen LogP contribution in [0, 0.1) is 0 Å². The van der Waals surface area contributed by atoms with Crippen LogP contribution < -0.4 is 5.73 Å². The van der Waals surface area contributed by atoms with E-state index in [1.165, 1.54) is 11.1 Å². The van der Waals surface area contributed by atoms with Crippen LogP contribution in [-0.2, 0) is 6.42 Å². The first-order valence-electron chi connectivity index (χ1n) is 9.91. The fraction of sp³-hybridized carbons (Fsp3) is 0.160. The average Bonchev–Trinajstić information content (AvgIpc) is 3.12. The van der Waals surface area contributed by atoms with Gasteiger partial charge in [0.2, 0.25) is 0 Å². The van der Waals surface area contributed by atoms with Crippen molar-refractivity contribution in [3.05, 3.63) is 83.9 Å². The predicted octanol–water partition coefficient (Wildman–Crippen LogP) is 5.48. The summed E-state index contributed by atoms with van der Waals surface area (Å²) in [5.74, 6) is -0.908. The number of hydrogen-bond donors (Lipinski definition) is 3. The summed E-state index contributed by atoms with van der Waals surface area (Å²) in [6, 6.07) is 24.1. The number of fused-ring (bicyclic) bond motifs is 1. The number of H-pyrrole nitrogens is 1. The van der Waals surface area contributed by atoms with Gasteiger partial charge in [-0.3, -0.25) is 0 Å². The van der Waals surface area contributed by atoms with Gasteiger partial charge in [0.05, 0.1) is 5.56 Å². The van der Waals surface area contributed by atoms with Crippen molar-refractivity contribution in [3.8, 4) is 22.4 Å². The van der Waals surface area contributed by atoms with Gasteiger partial charge in [-0.2, -0.15) is 0 Å². The number of carboxylic acid groups (broad SMARTS) is 1. The zero-order valence-electron chi connectivity index (χ0n) is 16.2. The van der Waals surface area contributed by atoms with Crippen LogP contribution in [0.2, 0.25) is 0 Å². The maximum atomic E-state index is 11.4. The molecule has 0 unspecified atom stereocenters. The molecule has 4 nitrogen and oxygen atoms in total. The molecule has 4 rings (SSSR count). The molecular formula is C25H24N2O2. The van der Waals surface area contributed by atoms with Crippen LogP contribution >= 0.6 is 0 Å². The van der Waals surface area contributed by atoms with Crippen molar-refractivity contribution in [1.29, 1.82) is 0 Å². The quantitative estimate of drug-likeness (QED) is 0.369. The van der Waals surface area contributed by atoms with E-state index in [2.05, 4.69) is 41.4 Å². The lowest BCUT2D eigenvalue weighted by Gasteiger charge is -2.07. The fourth-order valence-corrected chi connectivity index (χ4v) is 3.79. The van der Waals surface area contributed by atoms with E-state index < -0.39 is 5.97 Å². The molecule has 0 radical (unpaired) electrons. The van der Waals surface area contributed by atoms with E-state index in [1.54, 1.807) is 12.1 Å². The molecule has 146 valence electrons. The number of carboxylic acids is 1. The first kappa shape index (κ1) is 19.0. The number of benzene rings is 3. The number of nitrogens with one attached hydrogen (secondary N) is 1. The minimum atomic E-state index is -0.908. The highest BCUT2D eigenvalue weighted by Gasteiger charge is 2.15. The van der Waals surface area contributed by atoms with E-state index in [4.69, 9.17) is 5.73 Å². The Bertz CT molecular complexity index is 1130. The first-order chi connectivity index (χ1) is 14.2. The molecule has 0 amide bonds. The van der Waals surface area contributed by atoms with E-state index in [1.807, 2.05) is 24.3 Å². The Labute approximate surface area is 170 Å². The third kappa shape index (κ3) is 3.93. The lowest BCUT2D eigenvalue weighted by atomic mass is 9.97. The van der Waals surface area contributed by atoms with E-state index >= 15 is 0 Å². The van der Waals surface area contributed by atoms with Gasteiger partial charge in [-0.1, -0.05) is 54.6 Å². The molecule has 0 saturated heterocycles.